The molecule has 0 unspecified atom stereocenters. The molecule has 0 heterocycles. The zero-order valence-electron chi connectivity index (χ0n) is 14.9. The van der Waals surface area contributed by atoms with Gasteiger partial charge in [0.05, 0.1) is 6.61 Å². The van der Waals surface area contributed by atoms with E-state index in [9.17, 15) is 4.79 Å². The molecular formula is C16H32O5Si. The van der Waals surface area contributed by atoms with Crippen LogP contribution in [-0.4, -0.2) is 39.7 Å². The highest BCUT2D eigenvalue weighted by Gasteiger charge is 2.43. The number of ether oxygens (including phenoxy) is 1. The van der Waals surface area contributed by atoms with Crippen LogP contribution >= 0.6 is 0 Å². The van der Waals surface area contributed by atoms with Gasteiger partial charge in [-0.05, 0) is 54.4 Å². The molecule has 0 bridgehead atoms. The van der Waals surface area contributed by atoms with Gasteiger partial charge in [-0.25, -0.2) is 4.79 Å². The van der Waals surface area contributed by atoms with Gasteiger partial charge in [-0.1, -0.05) is 6.58 Å². The van der Waals surface area contributed by atoms with E-state index in [-0.39, 0.29) is 18.3 Å². The standard InChI is InChI=1S/C16H32O5Si/c1-8-16(17)18-11-9-10-12-22(19-13(2)3,20-14(4)5)21-15(6)7/h8,13-15H,1,9-12H2,2-7H3. The summed E-state index contributed by atoms with van der Waals surface area (Å²) in [5.41, 5.74) is 0. The number of rotatable bonds is 12. The van der Waals surface area contributed by atoms with Crippen LogP contribution in [0.5, 0.6) is 0 Å². The maximum atomic E-state index is 11.0. The molecule has 0 N–H and O–H groups in total. The molecule has 0 radical (unpaired) electrons. The first-order valence-electron chi connectivity index (χ1n) is 8.03. The lowest BCUT2D eigenvalue weighted by Gasteiger charge is -2.34. The molecule has 0 spiro atoms. The minimum absolute atomic E-state index is 0.0442. The Morgan fingerprint density at radius 2 is 1.41 bits per heavy atom. The lowest BCUT2D eigenvalue weighted by atomic mass is 10.4. The van der Waals surface area contributed by atoms with Crippen LogP contribution in [0.2, 0.25) is 6.04 Å². The molecule has 0 aliphatic carbocycles. The van der Waals surface area contributed by atoms with E-state index < -0.39 is 14.8 Å². The Morgan fingerprint density at radius 1 is 0.955 bits per heavy atom. The molecule has 130 valence electrons. The summed E-state index contributed by atoms with van der Waals surface area (Å²) >= 11 is 0. The Balaban J connectivity index is 4.60. The van der Waals surface area contributed by atoms with Crippen LogP contribution in [0.1, 0.15) is 54.4 Å². The number of hydrogen-bond donors (Lipinski definition) is 0. The second-order valence-electron chi connectivity index (χ2n) is 6.01. The fraction of sp³-hybridized carbons (Fsp3) is 0.812. The highest BCUT2D eigenvalue weighted by Crippen LogP contribution is 2.24. The maximum absolute atomic E-state index is 11.0. The van der Waals surface area contributed by atoms with Gasteiger partial charge in [0.15, 0.2) is 0 Å². The molecule has 0 fully saturated rings. The second-order valence-corrected chi connectivity index (χ2v) is 8.58. The van der Waals surface area contributed by atoms with E-state index in [1.807, 2.05) is 41.5 Å². The molecule has 0 aromatic rings. The quantitative estimate of drug-likeness (QED) is 0.236. The molecule has 0 saturated heterocycles. The van der Waals surface area contributed by atoms with Gasteiger partial charge in [0.1, 0.15) is 0 Å². The van der Waals surface area contributed by atoms with E-state index in [1.54, 1.807) is 0 Å². The molecule has 0 amide bonds. The fourth-order valence-electron chi connectivity index (χ4n) is 2.01. The Morgan fingerprint density at radius 3 is 1.77 bits per heavy atom. The van der Waals surface area contributed by atoms with Gasteiger partial charge in [0, 0.05) is 30.4 Å². The van der Waals surface area contributed by atoms with Gasteiger partial charge < -0.3 is 18.0 Å². The molecule has 5 nitrogen and oxygen atoms in total. The Hall–Kier alpha value is -0.693. The monoisotopic (exact) mass is 332 g/mol. The van der Waals surface area contributed by atoms with E-state index in [4.69, 9.17) is 18.0 Å². The summed E-state index contributed by atoms with van der Waals surface area (Å²) in [5, 5.41) is 0. The van der Waals surface area contributed by atoms with Crippen molar-refractivity contribution in [2.75, 3.05) is 6.61 Å². The van der Waals surface area contributed by atoms with Crippen LogP contribution in [0, 0.1) is 0 Å². The molecular weight excluding hydrogens is 300 g/mol. The number of hydrogen-bond acceptors (Lipinski definition) is 5. The first kappa shape index (κ1) is 21.3. The highest BCUT2D eigenvalue weighted by molar-refractivity contribution is 6.60. The largest absolute Gasteiger partial charge is 0.501 e. The summed E-state index contributed by atoms with van der Waals surface area (Å²) in [7, 11) is -2.73. The topological polar surface area (TPSA) is 54.0 Å². The Bertz CT molecular complexity index is 302. The van der Waals surface area contributed by atoms with E-state index in [1.165, 1.54) is 6.08 Å². The third-order valence-electron chi connectivity index (χ3n) is 2.53. The van der Waals surface area contributed by atoms with Gasteiger partial charge in [0.25, 0.3) is 0 Å². The van der Waals surface area contributed by atoms with E-state index in [2.05, 4.69) is 6.58 Å². The average Bonchev–Trinajstić information content (AvgIpc) is 2.35. The summed E-state index contributed by atoms with van der Waals surface area (Å²) < 4.78 is 23.2. The van der Waals surface area contributed by atoms with Crippen molar-refractivity contribution < 1.29 is 22.8 Å². The van der Waals surface area contributed by atoms with Gasteiger partial charge in [-0.3, -0.25) is 0 Å². The molecule has 0 aliphatic heterocycles. The van der Waals surface area contributed by atoms with Crippen molar-refractivity contribution in [1.29, 1.82) is 0 Å². The molecule has 0 aromatic heterocycles. The summed E-state index contributed by atoms with van der Waals surface area (Å²) in [6.45, 7) is 15.7. The van der Waals surface area contributed by atoms with E-state index in [0.717, 1.165) is 12.8 Å². The minimum atomic E-state index is -2.73. The number of esters is 1. The number of carbonyl (C=O) groups is 1. The smallest absolute Gasteiger partial charge is 0.463 e. The molecule has 0 rings (SSSR count). The molecule has 0 saturated carbocycles. The van der Waals surface area contributed by atoms with Crippen molar-refractivity contribution in [3.63, 3.8) is 0 Å². The van der Waals surface area contributed by atoms with Gasteiger partial charge >= 0.3 is 14.8 Å². The van der Waals surface area contributed by atoms with E-state index >= 15 is 0 Å². The summed E-state index contributed by atoms with van der Waals surface area (Å²) in [6.07, 6.45) is 2.87. The zero-order valence-corrected chi connectivity index (χ0v) is 15.9. The van der Waals surface area contributed by atoms with Crippen molar-refractivity contribution in [3.8, 4) is 0 Å². The normalized spacial score (nSPS) is 12.2. The van der Waals surface area contributed by atoms with Gasteiger partial charge in [-0.2, -0.15) is 0 Å². The van der Waals surface area contributed by atoms with Crippen molar-refractivity contribution in [2.45, 2.75) is 78.7 Å². The molecule has 0 aromatic carbocycles. The summed E-state index contributed by atoms with van der Waals surface area (Å²) in [5.74, 6) is -0.390. The van der Waals surface area contributed by atoms with Crippen molar-refractivity contribution in [3.05, 3.63) is 12.7 Å². The van der Waals surface area contributed by atoms with E-state index in [0.29, 0.717) is 12.7 Å². The second kappa shape index (κ2) is 10.9. The molecule has 22 heavy (non-hydrogen) atoms. The lowest BCUT2D eigenvalue weighted by molar-refractivity contribution is -0.137. The van der Waals surface area contributed by atoms with Crippen LogP contribution < -0.4 is 0 Å². The first-order chi connectivity index (χ1) is 10.2. The third kappa shape index (κ3) is 10.1. The fourth-order valence-corrected chi connectivity index (χ4v) is 5.37. The first-order valence-corrected chi connectivity index (χ1v) is 9.96. The van der Waals surface area contributed by atoms with Crippen LogP contribution in [0.25, 0.3) is 0 Å². The molecule has 0 aliphatic rings. The summed E-state index contributed by atoms with van der Waals surface area (Å²) in [4.78, 5) is 11.0. The number of unbranched alkanes of at least 4 members (excludes halogenated alkanes) is 1. The number of carbonyl (C=O) groups excluding carboxylic acids is 1. The van der Waals surface area contributed by atoms with Crippen LogP contribution in [0.3, 0.4) is 0 Å². The predicted octanol–water partition coefficient (Wildman–Crippen LogP) is 3.71. The van der Waals surface area contributed by atoms with Gasteiger partial charge in [0.2, 0.25) is 0 Å². The van der Waals surface area contributed by atoms with Crippen molar-refractivity contribution >= 4 is 14.8 Å². The zero-order chi connectivity index (χ0) is 17.2. The molecule has 6 heteroatoms. The van der Waals surface area contributed by atoms with Crippen LogP contribution in [0.15, 0.2) is 12.7 Å². The highest BCUT2D eigenvalue weighted by atomic mass is 28.4. The van der Waals surface area contributed by atoms with Gasteiger partial charge in [-0.15, -0.1) is 0 Å². The lowest BCUT2D eigenvalue weighted by Crippen LogP contribution is -2.50. The van der Waals surface area contributed by atoms with Crippen LogP contribution in [-0.2, 0) is 22.8 Å². The van der Waals surface area contributed by atoms with Crippen molar-refractivity contribution in [1.82, 2.24) is 0 Å². The molecule has 0 atom stereocenters. The van der Waals surface area contributed by atoms with Crippen molar-refractivity contribution in [2.24, 2.45) is 0 Å². The SMILES string of the molecule is C=CC(=O)OCCCC[Si](OC(C)C)(OC(C)C)OC(C)C. The maximum Gasteiger partial charge on any atom is 0.501 e. The predicted molar refractivity (Wildman–Crippen MR) is 89.6 cm³/mol. The Labute approximate surface area is 136 Å². The van der Waals surface area contributed by atoms with Crippen LogP contribution in [0.4, 0.5) is 0 Å². The summed E-state index contributed by atoms with van der Waals surface area (Å²) in [6, 6.07) is 0.715. The third-order valence-corrected chi connectivity index (χ3v) is 5.99. The average molecular weight is 333 g/mol. The Kier molecular flexibility index (Phi) is 10.6. The minimum Gasteiger partial charge on any atom is -0.463 e.